The van der Waals surface area contributed by atoms with E-state index in [4.69, 9.17) is 4.74 Å². The summed E-state index contributed by atoms with van der Waals surface area (Å²) in [5, 5.41) is 0. The van der Waals surface area contributed by atoms with Gasteiger partial charge in [-0.1, -0.05) is 75.2 Å². The van der Waals surface area contributed by atoms with Gasteiger partial charge in [0.05, 0.1) is 6.61 Å². The predicted molar refractivity (Wildman–Crippen MR) is 95.9 cm³/mol. The van der Waals surface area contributed by atoms with Crippen molar-refractivity contribution in [3.05, 3.63) is 0 Å². The van der Waals surface area contributed by atoms with Gasteiger partial charge in [0, 0.05) is 12.3 Å². The van der Waals surface area contributed by atoms with Crippen LogP contribution in [-0.2, 0) is 9.53 Å². The van der Waals surface area contributed by atoms with E-state index in [2.05, 4.69) is 62.3 Å². The van der Waals surface area contributed by atoms with Crippen LogP contribution >= 0.6 is 0 Å². The molecule has 0 aliphatic rings. The summed E-state index contributed by atoms with van der Waals surface area (Å²) < 4.78 is 5.57. The fourth-order valence-corrected chi connectivity index (χ4v) is 3.15. The van der Waals surface area contributed by atoms with Crippen molar-refractivity contribution >= 4 is 5.97 Å². The monoisotopic (exact) mass is 312 g/mol. The lowest BCUT2D eigenvalue weighted by Gasteiger charge is -2.40. The lowest BCUT2D eigenvalue weighted by atomic mass is 9.67. The van der Waals surface area contributed by atoms with E-state index in [9.17, 15) is 4.79 Å². The van der Waals surface area contributed by atoms with E-state index < -0.39 is 0 Å². The molecule has 0 fully saturated rings. The maximum atomic E-state index is 11.9. The Morgan fingerprint density at radius 1 is 0.818 bits per heavy atom. The van der Waals surface area contributed by atoms with Gasteiger partial charge in [-0.2, -0.15) is 0 Å². The number of rotatable bonds is 7. The van der Waals surface area contributed by atoms with Gasteiger partial charge in [-0.3, -0.25) is 4.79 Å². The molecular weight excluding hydrogens is 272 g/mol. The molecule has 0 aliphatic carbocycles. The highest BCUT2D eigenvalue weighted by Crippen LogP contribution is 2.39. The Morgan fingerprint density at radius 2 is 1.32 bits per heavy atom. The summed E-state index contributed by atoms with van der Waals surface area (Å²) in [5.74, 6) is 0.332. The molecule has 22 heavy (non-hydrogen) atoms. The van der Waals surface area contributed by atoms with Crippen LogP contribution in [0.1, 0.15) is 94.4 Å². The van der Waals surface area contributed by atoms with Crippen molar-refractivity contribution in [2.45, 2.75) is 94.4 Å². The van der Waals surface area contributed by atoms with Gasteiger partial charge in [0.2, 0.25) is 0 Å². The van der Waals surface area contributed by atoms with Crippen molar-refractivity contribution in [3.8, 4) is 0 Å². The fraction of sp³-hybridized carbons (Fsp3) is 0.950. The third-order valence-corrected chi connectivity index (χ3v) is 4.31. The number of esters is 1. The molecule has 0 rings (SSSR count). The Kier molecular flexibility index (Phi) is 8.16. The standard InChI is InChI=1S/C20H40O2/c1-18(2,3)14-12-10-11-13-17(21)22-15-16(19(4,5)6)20(7,8)9/h16H,10-15H2,1-9H3. The van der Waals surface area contributed by atoms with E-state index in [0.29, 0.717) is 24.4 Å². The van der Waals surface area contributed by atoms with Gasteiger partial charge in [-0.15, -0.1) is 0 Å². The van der Waals surface area contributed by atoms with Gasteiger partial charge in [0.1, 0.15) is 0 Å². The van der Waals surface area contributed by atoms with Gasteiger partial charge in [0.25, 0.3) is 0 Å². The average Bonchev–Trinajstić information content (AvgIpc) is 2.23. The van der Waals surface area contributed by atoms with E-state index >= 15 is 0 Å². The predicted octanol–water partition coefficient (Wildman–Crippen LogP) is 6.23. The molecule has 0 heterocycles. The maximum absolute atomic E-state index is 11.9. The quantitative estimate of drug-likeness (QED) is 0.411. The highest BCUT2D eigenvalue weighted by atomic mass is 16.5. The number of carbonyl (C=O) groups excluding carboxylic acids is 1. The zero-order chi connectivity index (χ0) is 17.6. The molecule has 0 spiro atoms. The molecule has 0 saturated heterocycles. The zero-order valence-electron chi connectivity index (χ0n) is 16.6. The molecule has 0 aromatic carbocycles. The van der Waals surface area contributed by atoms with Crippen LogP contribution in [0.5, 0.6) is 0 Å². The SMILES string of the molecule is CC(C)(C)CCCCCC(=O)OCC(C(C)(C)C)C(C)(C)C. The summed E-state index contributed by atoms with van der Waals surface area (Å²) in [6.07, 6.45) is 5.05. The summed E-state index contributed by atoms with van der Waals surface area (Å²) in [6.45, 7) is 20.7. The minimum atomic E-state index is -0.0331. The highest BCUT2D eigenvalue weighted by Gasteiger charge is 2.35. The minimum absolute atomic E-state index is 0.0331. The lowest BCUT2D eigenvalue weighted by molar-refractivity contribution is -0.148. The first kappa shape index (κ1) is 21.5. The molecule has 0 bridgehead atoms. The third kappa shape index (κ3) is 10.2. The Balaban J connectivity index is 4.07. The zero-order valence-corrected chi connectivity index (χ0v) is 16.6. The second kappa shape index (κ2) is 8.36. The Hall–Kier alpha value is -0.530. The van der Waals surface area contributed by atoms with Crippen LogP contribution in [0, 0.1) is 22.2 Å². The first-order valence-corrected chi connectivity index (χ1v) is 8.89. The van der Waals surface area contributed by atoms with Crippen LogP contribution in [0.25, 0.3) is 0 Å². The van der Waals surface area contributed by atoms with Gasteiger partial charge in [0.15, 0.2) is 0 Å². The van der Waals surface area contributed by atoms with Crippen LogP contribution in [-0.4, -0.2) is 12.6 Å². The molecule has 132 valence electrons. The fourth-order valence-electron chi connectivity index (χ4n) is 3.15. The average molecular weight is 313 g/mol. The molecule has 0 amide bonds. The second-order valence-corrected chi connectivity index (χ2v) is 10.1. The van der Waals surface area contributed by atoms with Crippen molar-refractivity contribution in [3.63, 3.8) is 0 Å². The van der Waals surface area contributed by atoms with Gasteiger partial charge < -0.3 is 4.74 Å². The van der Waals surface area contributed by atoms with E-state index in [1.165, 1.54) is 12.8 Å². The van der Waals surface area contributed by atoms with Crippen LogP contribution in [0.4, 0.5) is 0 Å². The molecule has 0 atom stereocenters. The molecular formula is C20H40O2. The first-order chi connectivity index (χ1) is 9.73. The Morgan fingerprint density at radius 3 is 1.73 bits per heavy atom. The van der Waals surface area contributed by atoms with Crippen molar-refractivity contribution in [1.82, 2.24) is 0 Å². The normalized spacial score (nSPS) is 13.5. The molecule has 0 radical (unpaired) electrons. The number of ether oxygens (including phenoxy) is 1. The van der Waals surface area contributed by atoms with Gasteiger partial charge >= 0.3 is 5.97 Å². The second-order valence-electron chi connectivity index (χ2n) is 10.1. The maximum Gasteiger partial charge on any atom is 0.305 e. The highest BCUT2D eigenvalue weighted by molar-refractivity contribution is 5.69. The molecule has 0 N–H and O–H groups in total. The van der Waals surface area contributed by atoms with Crippen LogP contribution in [0.15, 0.2) is 0 Å². The van der Waals surface area contributed by atoms with Crippen molar-refractivity contribution in [1.29, 1.82) is 0 Å². The third-order valence-electron chi connectivity index (χ3n) is 4.31. The number of carbonyl (C=O) groups is 1. The summed E-state index contributed by atoms with van der Waals surface area (Å²) >= 11 is 0. The summed E-state index contributed by atoms with van der Waals surface area (Å²) in [6, 6.07) is 0. The molecule has 2 nitrogen and oxygen atoms in total. The largest absolute Gasteiger partial charge is 0.465 e. The molecule has 0 unspecified atom stereocenters. The van der Waals surface area contributed by atoms with Crippen molar-refractivity contribution in [2.24, 2.45) is 22.2 Å². The molecule has 0 aromatic rings. The van der Waals surface area contributed by atoms with Crippen molar-refractivity contribution < 1.29 is 9.53 Å². The summed E-state index contributed by atoms with van der Waals surface area (Å²) in [5.41, 5.74) is 0.684. The van der Waals surface area contributed by atoms with Crippen LogP contribution in [0.3, 0.4) is 0 Å². The molecule has 0 aliphatic heterocycles. The Labute approximate surface area is 139 Å². The minimum Gasteiger partial charge on any atom is -0.465 e. The smallest absolute Gasteiger partial charge is 0.305 e. The van der Waals surface area contributed by atoms with Gasteiger partial charge in [-0.25, -0.2) is 0 Å². The van der Waals surface area contributed by atoms with Crippen molar-refractivity contribution in [2.75, 3.05) is 6.61 Å². The number of hydrogen-bond acceptors (Lipinski definition) is 2. The summed E-state index contributed by atoms with van der Waals surface area (Å²) in [4.78, 5) is 11.9. The molecule has 0 aromatic heterocycles. The van der Waals surface area contributed by atoms with E-state index in [-0.39, 0.29) is 16.8 Å². The van der Waals surface area contributed by atoms with E-state index in [1.54, 1.807) is 0 Å². The van der Waals surface area contributed by atoms with Crippen LogP contribution in [0.2, 0.25) is 0 Å². The Bertz CT molecular complexity index is 309. The lowest BCUT2D eigenvalue weighted by Crippen LogP contribution is -2.36. The number of hydrogen-bond donors (Lipinski definition) is 0. The summed E-state index contributed by atoms with van der Waals surface area (Å²) in [7, 11) is 0. The van der Waals surface area contributed by atoms with Gasteiger partial charge in [-0.05, 0) is 29.1 Å². The first-order valence-electron chi connectivity index (χ1n) is 8.89. The number of unbranched alkanes of at least 4 members (excludes halogenated alkanes) is 2. The topological polar surface area (TPSA) is 26.3 Å². The van der Waals surface area contributed by atoms with Crippen LogP contribution < -0.4 is 0 Å². The molecule has 2 heteroatoms. The molecule has 0 saturated carbocycles. The van der Waals surface area contributed by atoms with E-state index in [0.717, 1.165) is 12.8 Å². The van der Waals surface area contributed by atoms with E-state index in [1.807, 2.05) is 0 Å².